The molecule has 148 valence electrons. The third-order valence-corrected chi connectivity index (χ3v) is 7.09. The minimum atomic E-state index is 0.425. The molecule has 0 radical (unpaired) electrons. The molecule has 2 unspecified atom stereocenters. The Morgan fingerprint density at radius 3 is 2.83 bits per heavy atom. The van der Waals surface area contributed by atoms with Gasteiger partial charge in [0.15, 0.2) is 0 Å². The first-order valence-electron chi connectivity index (χ1n) is 10.2. The van der Waals surface area contributed by atoms with Crippen molar-refractivity contribution in [2.75, 3.05) is 13.1 Å². The lowest BCUT2D eigenvalue weighted by Gasteiger charge is -2.28. The number of halogens is 1. The van der Waals surface area contributed by atoms with E-state index in [0.29, 0.717) is 11.8 Å². The SMILES string of the molecule is CC(c1[nH]c2ccc(Cl)cc2c1-c1cncc(-c2ccsc2)c1)C1CCCNC1. The van der Waals surface area contributed by atoms with Crippen molar-refractivity contribution in [1.82, 2.24) is 15.3 Å². The third-order valence-electron chi connectivity index (χ3n) is 6.17. The molecule has 4 aromatic rings. The number of pyridine rings is 1. The molecular formula is C24H24ClN3S. The van der Waals surface area contributed by atoms with Crippen molar-refractivity contribution in [3.63, 3.8) is 0 Å². The Hall–Kier alpha value is -2.14. The quantitative estimate of drug-likeness (QED) is 0.384. The van der Waals surface area contributed by atoms with Crippen LogP contribution in [0.5, 0.6) is 0 Å². The van der Waals surface area contributed by atoms with Crippen molar-refractivity contribution < 1.29 is 0 Å². The van der Waals surface area contributed by atoms with Crippen molar-refractivity contribution in [2.24, 2.45) is 5.92 Å². The Morgan fingerprint density at radius 1 is 1.14 bits per heavy atom. The van der Waals surface area contributed by atoms with E-state index < -0.39 is 0 Å². The van der Waals surface area contributed by atoms with Crippen LogP contribution in [0.3, 0.4) is 0 Å². The number of thiophene rings is 1. The van der Waals surface area contributed by atoms with Crippen LogP contribution >= 0.6 is 22.9 Å². The van der Waals surface area contributed by atoms with E-state index in [9.17, 15) is 0 Å². The van der Waals surface area contributed by atoms with Crippen molar-refractivity contribution in [3.8, 4) is 22.3 Å². The summed E-state index contributed by atoms with van der Waals surface area (Å²) >= 11 is 8.10. The second kappa shape index (κ2) is 7.94. The topological polar surface area (TPSA) is 40.7 Å². The first kappa shape index (κ1) is 18.9. The van der Waals surface area contributed by atoms with E-state index in [2.05, 4.69) is 57.2 Å². The highest BCUT2D eigenvalue weighted by Crippen LogP contribution is 2.41. The molecule has 0 saturated carbocycles. The zero-order valence-electron chi connectivity index (χ0n) is 16.4. The summed E-state index contributed by atoms with van der Waals surface area (Å²) in [5, 5.41) is 9.78. The van der Waals surface area contributed by atoms with Gasteiger partial charge in [-0.2, -0.15) is 11.3 Å². The number of hydrogen-bond acceptors (Lipinski definition) is 3. The second-order valence-electron chi connectivity index (χ2n) is 7.97. The van der Waals surface area contributed by atoms with Crippen LogP contribution in [0.15, 0.2) is 53.5 Å². The van der Waals surface area contributed by atoms with Gasteiger partial charge in [-0.3, -0.25) is 4.98 Å². The van der Waals surface area contributed by atoms with Gasteiger partial charge in [-0.05, 0) is 78.5 Å². The molecule has 0 aliphatic carbocycles. The van der Waals surface area contributed by atoms with Crippen LogP contribution in [0.2, 0.25) is 5.02 Å². The van der Waals surface area contributed by atoms with Gasteiger partial charge in [0.2, 0.25) is 0 Å². The van der Waals surface area contributed by atoms with Gasteiger partial charge in [0, 0.05) is 56.6 Å². The largest absolute Gasteiger partial charge is 0.358 e. The molecule has 4 heterocycles. The predicted molar refractivity (Wildman–Crippen MR) is 124 cm³/mol. The van der Waals surface area contributed by atoms with E-state index >= 15 is 0 Å². The molecule has 0 bridgehead atoms. The summed E-state index contributed by atoms with van der Waals surface area (Å²) in [5.41, 5.74) is 7.18. The summed E-state index contributed by atoms with van der Waals surface area (Å²) in [4.78, 5) is 8.31. The lowest BCUT2D eigenvalue weighted by Crippen LogP contribution is -2.32. The number of benzene rings is 1. The number of piperidine rings is 1. The lowest BCUT2D eigenvalue weighted by molar-refractivity contribution is 0.332. The fourth-order valence-corrected chi connectivity index (χ4v) is 5.38. The lowest BCUT2D eigenvalue weighted by atomic mass is 9.83. The van der Waals surface area contributed by atoms with Crippen LogP contribution in [0.4, 0.5) is 0 Å². The highest BCUT2D eigenvalue weighted by Gasteiger charge is 2.26. The van der Waals surface area contributed by atoms with E-state index in [1.165, 1.54) is 35.0 Å². The summed E-state index contributed by atoms with van der Waals surface area (Å²) < 4.78 is 0. The fourth-order valence-electron chi connectivity index (χ4n) is 4.54. The van der Waals surface area contributed by atoms with E-state index in [4.69, 9.17) is 11.6 Å². The average molecular weight is 422 g/mol. The van der Waals surface area contributed by atoms with Gasteiger partial charge in [-0.15, -0.1) is 0 Å². The van der Waals surface area contributed by atoms with Crippen LogP contribution < -0.4 is 5.32 Å². The number of nitrogens with zero attached hydrogens (tertiary/aromatic N) is 1. The molecule has 1 aliphatic heterocycles. The Kier molecular flexibility index (Phi) is 5.17. The van der Waals surface area contributed by atoms with Crippen LogP contribution in [0.1, 0.15) is 31.4 Å². The molecule has 5 heteroatoms. The van der Waals surface area contributed by atoms with Gasteiger partial charge < -0.3 is 10.3 Å². The van der Waals surface area contributed by atoms with E-state index in [0.717, 1.165) is 34.8 Å². The maximum absolute atomic E-state index is 6.39. The molecule has 1 aromatic carbocycles. The zero-order chi connectivity index (χ0) is 19.8. The fraction of sp³-hybridized carbons (Fsp3) is 0.292. The smallest absolute Gasteiger partial charge is 0.0463 e. The minimum absolute atomic E-state index is 0.425. The van der Waals surface area contributed by atoms with Crippen LogP contribution in [0.25, 0.3) is 33.2 Å². The highest BCUT2D eigenvalue weighted by molar-refractivity contribution is 7.08. The average Bonchev–Trinajstić information content (AvgIpc) is 3.42. The van der Waals surface area contributed by atoms with E-state index in [1.54, 1.807) is 11.3 Å². The second-order valence-corrected chi connectivity index (χ2v) is 9.19. The Balaban J connectivity index is 1.67. The number of aromatic nitrogens is 2. The normalized spacial score (nSPS) is 18.2. The summed E-state index contributed by atoms with van der Waals surface area (Å²) in [6.07, 6.45) is 6.43. The van der Waals surface area contributed by atoms with Gasteiger partial charge in [0.05, 0.1) is 0 Å². The van der Waals surface area contributed by atoms with Gasteiger partial charge in [0.1, 0.15) is 0 Å². The van der Waals surface area contributed by atoms with Crippen LogP contribution in [-0.2, 0) is 0 Å². The molecule has 5 rings (SSSR count). The van der Waals surface area contributed by atoms with Crippen molar-refractivity contribution in [1.29, 1.82) is 0 Å². The Morgan fingerprint density at radius 2 is 2.03 bits per heavy atom. The molecule has 29 heavy (non-hydrogen) atoms. The van der Waals surface area contributed by atoms with Crippen molar-refractivity contribution >= 4 is 33.8 Å². The Labute approximate surface area is 180 Å². The monoisotopic (exact) mass is 421 g/mol. The maximum atomic E-state index is 6.39. The molecule has 0 spiro atoms. The number of H-pyrrole nitrogens is 1. The third kappa shape index (κ3) is 3.61. The Bertz CT molecular complexity index is 1130. The van der Waals surface area contributed by atoms with E-state index in [-0.39, 0.29) is 0 Å². The summed E-state index contributed by atoms with van der Waals surface area (Å²) in [7, 11) is 0. The first-order valence-corrected chi connectivity index (χ1v) is 11.5. The van der Waals surface area contributed by atoms with Crippen molar-refractivity contribution in [3.05, 3.63) is 64.2 Å². The van der Waals surface area contributed by atoms with Crippen LogP contribution in [-0.4, -0.2) is 23.1 Å². The summed E-state index contributed by atoms with van der Waals surface area (Å²) in [6, 6.07) is 10.5. The number of hydrogen-bond donors (Lipinski definition) is 2. The number of aromatic amines is 1. The minimum Gasteiger partial charge on any atom is -0.358 e. The molecule has 1 saturated heterocycles. The molecule has 2 atom stereocenters. The van der Waals surface area contributed by atoms with Crippen LogP contribution in [0, 0.1) is 5.92 Å². The molecule has 3 nitrogen and oxygen atoms in total. The first-order chi connectivity index (χ1) is 14.2. The van der Waals surface area contributed by atoms with Gasteiger partial charge in [-0.1, -0.05) is 18.5 Å². The van der Waals surface area contributed by atoms with Gasteiger partial charge in [-0.25, -0.2) is 0 Å². The molecule has 0 amide bonds. The van der Waals surface area contributed by atoms with E-state index in [1.807, 2.05) is 18.5 Å². The maximum Gasteiger partial charge on any atom is 0.0463 e. The number of nitrogens with one attached hydrogen (secondary N) is 2. The zero-order valence-corrected chi connectivity index (χ0v) is 18.0. The molecule has 3 aromatic heterocycles. The molecular weight excluding hydrogens is 398 g/mol. The standard InChI is InChI=1S/C24H24ClN3S/c1-15(16-3-2-7-26-11-16)24-23(21-10-20(25)4-5-22(21)28-24)19-9-18(12-27-13-19)17-6-8-29-14-17/h4-6,8-10,12-16,26,28H,2-3,7,11H2,1H3. The predicted octanol–water partition coefficient (Wildman–Crippen LogP) is 6.71. The van der Waals surface area contributed by atoms with Gasteiger partial charge >= 0.3 is 0 Å². The number of rotatable bonds is 4. The number of fused-ring (bicyclic) bond motifs is 1. The highest BCUT2D eigenvalue weighted by atomic mass is 35.5. The van der Waals surface area contributed by atoms with Gasteiger partial charge in [0.25, 0.3) is 0 Å². The summed E-state index contributed by atoms with van der Waals surface area (Å²) in [6.45, 7) is 4.55. The molecule has 1 aliphatic rings. The molecule has 1 fully saturated rings. The summed E-state index contributed by atoms with van der Waals surface area (Å²) in [5.74, 6) is 1.05. The van der Waals surface area contributed by atoms with Crippen molar-refractivity contribution in [2.45, 2.75) is 25.7 Å². The molecule has 2 N–H and O–H groups in total.